The smallest absolute Gasteiger partial charge is 0.0125 e. The van der Waals surface area contributed by atoms with Gasteiger partial charge in [0.05, 0.1) is 0 Å². The van der Waals surface area contributed by atoms with Gasteiger partial charge in [-0.3, -0.25) is 0 Å². The van der Waals surface area contributed by atoms with Crippen LogP contribution in [0.2, 0.25) is 0 Å². The number of fused-ring (bicyclic) bond motifs is 2. The van der Waals surface area contributed by atoms with Crippen LogP contribution in [-0.4, -0.2) is 0 Å². The summed E-state index contributed by atoms with van der Waals surface area (Å²) in [6.45, 7) is 22.4. The fourth-order valence-corrected chi connectivity index (χ4v) is 7.22. The zero-order valence-corrected chi connectivity index (χ0v) is 28.4. The van der Waals surface area contributed by atoms with Crippen LogP contribution in [0.5, 0.6) is 0 Å². The highest BCUT2D eigenvalue weighted by Crippen LogP contribution is 2.37. The molecule has 6 rings (SSSR count). The Morgan fingerprint density at radius 1 is 0.422 bits per heavy atom. The van der Waals surface area contributed by atoms with Crippen LogP contribution in [-0.2, 0) is 0 Å². The predicted octanol–water partition coefficient (Wildman–Crippen LogP) is 13.7. The summed E-state index contributed by atoms with van der Waals surface area (Å²) >= 11 is 0. The molecule has 0 radical (unpaired) electrons. The van der Waals surface area contributed by atoms with Gasteiger partial charge in [-0.1, -0.05) is 131 Å². The molecule has 0 N–H and O–H groups in total. The number of hydrogen-bond donors (Lipinski definition) is 0. The lowest BCUT2D eigenvalue weighted by Gasteiger charge is -2.19. The first-order valence-corrected chi connectivity index (χ1v) is 16.2. The van der Waals surface area contributed by atoms with Gasteiger partial charge in [-0.25, -0.2) is 0 Å². The van der Waals surface area contributed by atoms with E-state index in [1.54, 1.807) is 0 Å². The third-order valence-electron chi connectivity index (χ3n) is 8.94. The molecule has 45 heavy (non-hydrogen) atoms. The molecular weight excluding hydrogens is 540 g/mol. The second-order valence-corrected chi connectivity index (χ2v) is 13.4. The van der Waals surface area contributed by atoms with Gasteiger partial charge in [0.25, 0.3) is 0 Å². The maximum Gasteiger partial charge on any atom is -0.0125 e. The molecule has 0 heterocycles. The molecule has 0 bridgehead atoms. The average molecular weight is 593 g/mol. The molecule has 0 spiro atoms. The Labute approximate surface area is 273 Å². The van der Waals surface area contributed by atoms with Gasteiger partial charge in [0.2, 0.25) is 0 Å². The number of rotatable bonds is 4. The molecule has 0 heteroatoms. The van der Waals surface area contributed by atoms with Gasteiger partial charge in [-0.05, 0) is 143 Å². The van der Waals surface area contributed by atoms with E-state index in [9.17, 15) is 0 Å². The van der Waals surface area contributed by atoms with Gasteiger partial charge in [0.1, 0.15) is 0 Å². The van der Waals surface area contributed by atoms with Crippen molar-refractivity contribution in [3.63, 3.8) is 0 Å². The maximum absolute atomic E-state index is 2.39. The van der Waals surface area contributed by atoms with Crippen molar-refractivity contribution in [1.82, 2.24) is 0 Å². The number of benzene rings is 6. The molecule has 0 aliphatic carbocycles. The Kier molecular flexibility index (Phi) is 10.4. The summed E-state index contributed by atoms with van der Waals surface area (Å²) in [5.41, 5.74) is 16.4. The molecule has 0 saturated heterocycles. The van der Waals surface area contributed by atoms with E-state index in [1.165, 1.54) is 88.3 Å². The lowest BCUT2D eigenvalue weighted by molar-refractivity contribution is 0.867. The molecule has 6 aromatic rings. The molecule has 0 amide bonds. The van der Waals surface area contributed by atoms with Crippen molar-refractivity contribution in [2.75, 3.05) is 0 Å². The summed E-state index contributed by atoms with van der Waals surface area (Å²) in [5.74, 6) is 1.05. The molecular formula is C45H52. The van der Waals surface area contributed by atoms with E-state index >= 15 is 0 Å². The predicted molar refractivity (Wildman–Crippen MR) is 202 cm³/mol. The van der Waals surface area contributed by atoms with Gasteiger partial charge in [-0.15, -0.1) is 0 Å². The molecule has 0 unspecified atom stereocenters. The number of aryl methyl sites for hydroxylation is 6. The second kappa shape index (κ2) is 13.9. The molecule has 6 aromatic carbocycles. The minimum Gasteiger partial charge on any atom is -0.0776 e. The van der Waals surface area contributed by atoms with Crippen molar-refractivity contribution in [1.29, 1.82) is 0 Å². The molecule has 0 aromatic heterocycles. The van der Waals surface area contributed by atoms with Crippen LogP contribution in [0.4, 0.5) is 0 Å². The third-order valence-corrected chi connectivity index (χ3v) is 8.94. The Balaban J connectivity index is 0.000000220. The van der Waals surface area contributed by atoms with Crippen molar-refractivity contribution in [3.8, 4) is 22.3 Å². The first-order chi connectivity index (χ1) is 20.9. The quantitative estimate of drug-likeness (QED) is 0.179. The van der Waals surface area contributed by atoms with Crippen LogP contribution in [0.3, 0.4) is 0 Å². The minimum absolute atomic E-state index is 0. The molecule has 0 aliphatic rings. The molecule has 0 nitrogen and oxygen atoms in total. The highest BCUT2D eigenvalue weighted by molar-refractivity contribution is 6.02. The van der Waals surface area contributed by atoms with Gasteiger partial charge >= 0.3 is 0 Å². The van der Waals surface area contributed by atoms with E-state index in [0.29, 0.717) is 11.8 Å². The highest BCUT2D eigenvalue weighted by atomic mass is 14.2. The van der Waals surface area contributed by atoms with Gasteiger partial charge in [0.15, 0.2) is 0 Å². The van der Waals surface area contributed by atoms with Crippen molar-refractivity contribution >= 4 is 21.5 Å². The van der Waals surface area contributed by atoms with E-state index in [-0.39, 0.29) is 7.43 Å². The minimum atomic E-state index is 0. The molecule has 232 valence electrons. The van der Waals surface area contributed by atoms with E-state index in [2.05, 4.69) is 166 Å². The summed E-state index contributed by atoms with van der Waals surface area (Å²) in [4.78, 5) is 0. The average Bonchev–Trinajstić information content (AvgIpc) is 2.95. The van der Waals surface area contributed by atoms with E-state index in [1.807, 2.05) is 0 Å². The van der Waals surface area contributed by atoms with Gasteiger partial charge in [-0.2, -0.15) is 0 Å². The number of hydrogen-bond acceptors (Lipinski definition) is 0. The van der Waals surface area contributed by atoms with Crippen LogP contribution in [0.25, 0.3) is 43.8 Å². The van der Waals surface area contributed by atoms with Gasteiger partial charge in [0, 0.05) is 0 Å². The van der Waals surface area contributed by atoms with Crippen molar-refractivity contribution in [3.05, 3.63) is 142 Å². The lowest BCUT2D eigenvalue weighted by atomic mass is 9.86. The van der Waals surface area contributed by atoms with Crippen molar-refractivity contribution in [2.24, 2.45) is 0 Å². The first kappa shape index (κ1) is 33.7. The second-order valence-electron chi connectivity index (χ2n) is 13.4. The maximum atomic E-state index is 2.39. The van der Waals surface area contributed by atoms with Crippen LogP contribution in [0.1, 0.15) is 91.5 Å². The van der Waals surface area contributed by atoms with Crippen LogP contribution >= 0.6 is 0 Å². The van der Waals surface area contributed by atoms with Gasteiger partial charge < -0.3 is 0 Å². The van der Waals surface area contributed by atoms with Crippen LogP contribution in [0, 0.1) is 41.5 Å². The standard InChI is InChI=1S/C27H32.C17H16.CH4/c1-16(2)23-13-24(26-19(5)9-17(3)10-20(26)6)15-25(14-23)27-21(7)11-18(4)12-22(27)8;1-12(2)17-15-9-5-3-7-13(15)11-14-8-4-6-10-16(14)17;/h9-16H,1-8H3;3-12H,1-2H3;1H4. The fraction of sp³-hybridized carbons (Fsp3) is 0.289. The fourth-order valence-electron chi connectivity index (χ4n) is 7.22. The highest BCUT2D eigenvalue weighted by Gasteiger charge is 2.15. The molecule has 0 atom stereocenters. The Morgan fingerprint density at radius 3 is 1.16 bits per heavy atom. The lowest BCUT2D eigenvalue weighted by Crippen LogP contribution is -1.97. The molecule has 0 saturated carbocycles. The topological polar surface area (TPSA) is 0 Å². The Bertz CT molecular complexity index is 1790. The molecule has 0 aliphatic heterocycles. The summed E-state index contributed by atoms with van der Waals surface area (Å²) in [6, 6.07) is 36.0. The van der Waals surface area contributed by atoms with E-state index in [4.69, 9.17) is 0 Å². The zero-order valence-electron chi connectivity index (χ0n) is 28.4. The normalized spacial score (nSPS) is 11.1. The summed E-state index contributed by atoms with van der Waals surface area (Å²) in [6.07, 6.45) is 0. The van der Waals surface area contributed by atoms with Crippen LogP contribution in [0.15, 0.2) is 97.1 Å². The van der Waals surface area contributed by atoms with E-state index < -0.39 is 0 Å². The van der Waals surface area contributed by atoms with Crippen molar-refractivity contribution in [2.45, 2.75) is 88.5 Å². The van der Waals surface area contributed by atoms with Crippen molar-refractivity contribution < 1.29 is 0 Å². The van der Waals surface area contributed by atoms with E-state index in [0.717, 1.165) is 0 Å². The molecule has 0 fully saturated rings. The Morgan fingerprint density at radius 2 is 0.800 bits per heavy atom. The zero-order chi connectivity index (χ0) is 31.7. The monoisotopic (exact) mass is 592 g/mol. The Hall–Kier alpha value is -4.16. The summed E-state index contributed by atoms with van der Waals surface area (Å²) in [7, 11) is 0. The SMILES string of the molecule is C.CC(C)c1c2ccccc2cc2ccccc12.Cc1cc(C)c(-c2cc(-c3c(C)cc(C)cc3C)cc(C(C)C)c2)c(C)c1. The summed E-state index contributed by atoms with van der Waals surface area (Å²) in [5, 5.41) is 5.47. The third kappa shape index (κ3) is 7.07. The van der Waals surface area contributed by atoms with Crippen LogP contribution < -0.4 is 0 Å². The first-order valence-electron chi connectivity index (χ1n) is 16.2. The largest absolute Gasteiger partial charge is 0.0776 e. The summed E-state index contributed by atoms with van der Waals surface area (Å²) < 4.78 is 0.